The summed E-state index contributed by atoms with van der Waals surface area (Å²) < 4.78 is 28.0. The van der Waals surface area contributed by atoms with Gasteiger partial charge in [-0.3, -0.25) is 0 Å². The standard InChI is InChI=1S/C12H18BrN3O2S2/c1-3-14-12-11(6-10(13)7-15-12)20(17,18)16-4-5-19-8-9(16)2/h6-7,9H,3-5,8H2,1-2H3,(H,14,15). The molecule has 1 atom stereocenters. The molecule has 0 radical (unpaired) electrons. The predicted molar refractivity (Wildman–Crippen MR) is 86.8 cm³/mol. The van der Waals surface area contributed by atoms with E-state index in [1.54, 1.807) is 28.3 Å². The van der Waals surface area contributed by atoms with Gasteiger partial charge in [0, 0.05) is 41.3 Å². The lowest BCUT2D eigenvalue weighted by atomic mass is 10.4. The SMILES string of the molecule is CCNc1ncc(Br)cc1S(=O)(=O)N1CCSCC1C. The molecule has 0 aliphatic carbocycles. The second-order valence-electron chi connectivity index (χ2n) is 4.57. The first-order valence-electron chi connectivity index (χ1n) is 6.45. The number of thioether (sulfide) groups is 1. The van der Waals surface area contributed by atoms with E-state index in [9.17, 15) is 8.42 Å². The van der Waals surface area contributed by atoms with E-state index >= 15 is 0 Å². The van der Waals surface area contributed by atoms with Crippen LogP contribution in [0.1, 0.15) is 13.8 Å². The average Bonchev–Trinajstić information content (AvgIpc) is 2.41. The first kappa shape index (κ1) is 16.1. The van der Waals surface area contributed by atoms with E-state index in [1.165, 1.54) is 0 Å². The summed E-state index contributed by atoms with van der Waals surface area (Å²) in [5, 5.41) is 3.02. The molecule has 112 valence electrons. The summed E-state index contributed by atoms with van der Waals surface area (Å²) in [4.78, 5) is 4.43. The van der Waals surface area contributed by atoms with Gasteiger partial charge in [-0.2, -0.15) is 16.1 Å². The van der Waals surface area contributed by atoms with Crippen molar-refractivity contribution >= 4 is 43.5 Å². The van der Waals surface area contributed by atoms with E-state index in [-0.39, 0.29) is 10.9 Å². The van der Waals surface area contributed by atoms with E-state index < -0.39 is 10.0 Å². The molecule has 1 aliphatic rings. The van der Waals surface area contributed by atoms with Crippen molar-refractivity contribution in [1.29, 1.82) is 0 Å². The third kappa shape index (κ3) is 3.29. The van der Waals surface area contributed by atoms with Crippen molar-refractivity contribution in [2.45, 2.75) is 24.8 Å². The Kier molecular flexibility index (Phi) is 5.33. The summed E-state index contributed by atoms with van der Waals surface area (Å²) in [6.45, 7) is 5.04. The van der Waals surface area contributed by atoms with Crippen molar-refractivity contribution in [3.63, 3.8) is 0 Å². The fraction of sp³-hybridized carbons (Fsp3) is 0.583. The van der Waals surface area contributed by atoms with Crippen LogP contribution in [-0.4, -0.2) is 48.3 Å². The van der Waals surface area contributed by atoms with Crippen molar-refractivity contribution in [1.82, 2.24) is 9.29 Å². The number of rotatable bonds is 4. The molecule has 1 N–H and O–H groups in total. The van der Waals surface area contributed by atoms with Crippen LogP contribution in [0.2, 0.25) is 0 Å². The average molecular weight is 380 g/mol. The van der Waals surface area contributed by atoms with Crippen LogP contribution >= 0.6 is 27.7 Å². The maximum atomic E-state index is 12.9. The Labute approximate surface area is 132 Å². The molecule has 8 heteroatoms. The summed E-state index contributed by atoms with van der Waals surface area (Å²) in [6, 6.07) is 1.63. The largest absolute Gasteiger partial charge is 0.369 e. The summed E-state index contributed by atoms with van der Waals surface area (Å²) in [5.41, 5.74) is 0. The lowest BCUT2D eigenvalue weighted by molar-refractivity contribution is 0.367. The number of halogens is 1. The molecule has 1 saturated heterocycles. The molecule has 5 nitrogen and oxygen atoms in total. The number of hydrogen-bond acceptors (Lipinski definition) is 5. The Hall–Kier alpha value is -0.310. The molecule has 0 spiro atoms. The first-order chi connectivity index (χ1) is 9.46. The Balaban J connectivity index is 2.44. The maximum absolute atomic E-state index is 12.9. The van der Waals surface area contributed by atoms with Crippen LogP contribution in [0.3, 0.4) is 0 Å². The second kappa shape index (κ2) is 6.64. The zero-order valence-corrected chi connectivity index (χ0v) is 14.7. The van der Waals surface area contributed by atoms with Crippen LogP contribution in [0, 0.1) is 0 Å². The highest BCUT2D eigenvalue weighted by Gasteiger charge is 2.33. The van der Waals surface area contributed by atoms with E-state index in [1.807, 2.05) is 13.8 Å². The monoisotopic (exact) mass is 379 g/mol. The normalized spacial score (nSPS) is 20.9. The van der Waals surface area contributed by atoms with Crippen LogP contribution in [0.5, 0.6) is 0 Å². The highest BCUT2D eigenvalue weighted by molar-refractivity contribution is 9.10. The fourth-order valence-electron chi connectivity index (χ4n) is 2.11. The zero-order chi connectivity index (χ0) is 14.8. The smallest absolute Gasteiger partial charge is 0.247 e. The van der Waals surface area contributed by atoms with Gasteiger partial charge in [-0.05, 0) is 35.8 Å². The summed E-state index contributed by atoms with van der Waals surface area (Å²) in [7, 11) is -3.52. The van der Waals surface area contributed by atoms with Gasteiger partial charge in [0.1, 0.15) is 10.7 Å². The van der Waals surface area contributed by atoms with Crippen LogP contribution in [-0.2, 0) is 10.0 Å². The van der Waals surface area contributed by atoms with Crippen LogP contribution in [0.4, 0.5) is 5.82 Å². The minimum Gasteiger partial charge on any atom is -0.369 e. The van der Waals surface area contributed by atoms with Crippen LogP contribution in [0.15, 0.2) is 21.6 Å². The molecule has 0 amide bonds. The highest BCUT2D eigenvalue weighted by Crippen LogP contribution is 2.29. The molecule has 1 fully saturated rings. The van der Waals surface area contributed by atoms with Gasteiger partial charge in [0.05, 0.1) is 0 Å². The van der Waals surface area contributed by atoms with Crippen molar-refractivity contribution in [3.05, 3.63) is 16.7 Å². The highest BCUT2D eigenvalue weighted by atomic mass is 79.9. The molecule has 1 aliphatic heterocycles. The summed E-state index contributed by atoms with van der Waals surface area (Å²) in [5.74, 6) is 2.08. The Morgan fingerprint density at radius 1 is 1.60 bits per heavy atom. The van der Waals surface area contributed by atoms with Crippen LogP contribution < -0.4 is 5.32 Å². The predicted octanol–water partition coefficient (Wildman–Crippen LogP) is 2.40. The zero-order valence-electron chi connectivity index (χ0n) is 11.5. The van der Waals surface area contributed by atoms with Gasteiger partial charge in [0.2, 0.25) is 10.0 Å². The van der Waals surface area contributed by atoms with Gasteiger partial charge in [-0.1, -0.05) is 0 Å². The van der Waals surface area contributed by atoms with Crippen LogP contribution in [0.25, 0.3) is 0 Å². The number of aromatic nitrogens is 1. The van der Waals surface area contributed by atoms with E-state index in [0.717, 1.165) is 11.5 Å². The number of nitrogens with one attached hydrogen (secondary N) is 1. The lowest BCUT2D eigenvalue weighted by Crippen LogP contribution is -2.44. The van der Waals surface area contributed by atoms with Crippen molar-refractivity contribution in [3.8, 4) is 0 Å². The number of sulfonamides is 1. The molecule has 20 heavy (non-hydrogen) atoms. The molecule has 0 aromatic carbocycles. The second-order valence-corrected chi connectivity index (χ2v) is 8.49. The maximum Gasteiger partial charge on any atom is 0.247 e. The molecule has 1 aromatic rings. The third-order valence-electron chi connectivity index (χ3n) is 3.06. The number of anilines is 1. The minimum atomic E-state index is -3.52. The number of nitrogens with zero attached hydrogens (tertiary/aromatic N) is 2. The van der Waals surface area contributed by atoms with Gasteiger partial charge in [-0.25, -0.2) is 13.4 Å². The first-order valence-corrected chi connectivity index (χ1v) is 9.84. The van der Waals surface area contributed by atoms with Gasteiger partial charge in [-0.15, -0.1) is 0 Å². The van der Waals surface area contributed by atoms with E-state index in [0.29, 0.717) is 23.4 Å². The number of hydrogen-bond donors (Lipinski definition) is 1. The fourth-order valence-corrected chi connectivity index (χ4v) is 5.60. The van der Waals surface area contributed by atoms with Gasteiger partial charge < -0.3 is 5.32 Å². The molecule has 0 saturated carbocycles. The van der Waals surface area contributed by atoms with Gasteiger partial charge in [0.15, 0.2) is 0 Å². The molecular formula is C12H18BrN3O2S2. The van der Waals surface area contributed by atoms with E-state index in [2.05, 4.69) is 26.2 Å². The van der Waals surface area contributed by atoms with Crippen molar-refractivity contribution in [2.75, 3.05) is 29.9 Å². The van der Waals surface area contributed by atoms with Crippen molar-refractivity contribution < 1.29 is 8.42 Å². The minimum absolute atomic E-state index is 0.00667. The molecular weight excluding hydrogens is 362 g/mol. The summed E-state index contributed by atoms with van der Waals surface area (Å²) >= 11 is 5.09. The number of pyridine rings is 1. The Bertz CT molecular complexity index is 580. The topological polar surface area (TPSA) is 62.3 Å². The third-order valence-corrected chi connectivity index (χ3v) is 6.71. The quantitative estimate of drug-likeness (QED) is 0.869. The molecule has 1 aromatic heterocycles. The Morgan fingerprint density at radius 3 is 3.00 bits per heavy atom. The van der Waals surface area contributed by atoms with Gasteiger partial charge in [0.25, 0.3) is 0 Å². The molecule has 0 bridgehead atoms. The Morgan fingerprint density at radius 2 is 2.35 bits per heavy atom. The molecule has 2 heterocycles. The van der Waals surface area contributed by atoms with E-state index in [4.69, 9.17) is 0 Å². The molecule has 1 unspecified atom stereocenters. The molecule has 2 rings (SSSR count). The lowest BCUT2D eigenvalue weighted by Gasteiger charge is -2.32. The van der Waals surface area contributed by atoms with Gasteiger partial charge >= 0.3 is 0 Å². The van der Waals surface area contributed by atoms with Crippen molar-refractivity contribution in [2.24, 2.45) is 0 Å². The summed E-state index contributed by atoms with van der Waals surface area (Å²) in [6.07, 6.45) is 1.60.